The molecule has 0 aliphatic heterocycles. The summed E-state index contributed by atoms with van der Waals surface area (Å²) in [5.41, 5.74) is 4.38. The maximum absolute atomic E-state index is 13.2. The van der Waals surface area contributed by atoms with E-state index in [0.717, 1.165) is 12.0 Å². The van der Waals surface area contributed by atoms with Gasteiger partial charge < -0.3 is 0 Å². The molecule has 0 nitrogen and oxygen atoms in total. The monoisotopic (exact) mass is 232 g/mol. The summed E-state index contributed by atoms with van der Waals surface area (Å²) < 4.78 is 13.2. The molecule has 17 heavy (non-hydrogen) atoms. The fourth-order valence-corrected chi connectivity index (χ4v) is 2.92. The van der Waals surface area contributed by atoms with Crippen LogP contribution in [0.4, 0.5) is 4.39 Å². The van der Waals surface area contributed by atoms with Gasteiger partial charge >= 0.3 is 0 Å². The average Bonchev–Trinajstić information content (AvgIpc) is 2.23. The third-order valence-electron chi connectivity index (χ3n) is 3.96. The predicted molar refractivity (Wildman–Crippen MR) is 70.4 cm³/mol. The standard InChI is InChI=1S/C16H21F/c1-12-6-5-9-16(2,3)15(12)11-13-7-4-8-14(17)10-13/h4,7-8,10H,5-6,9,11H2,1-3H3. The van der Waals surface area contributed by atoms with Gasteiger partial charge in [0.25, 0.3) is 0 Å². The van der Waals surface area contributed by atoms with E-state index < -0.39 is 0 Å². The van der Waals surface area contributed by atoms with E-state index in [0.29, 0.717) is 0 Å². The summed E-state index contributed by atoms with van der Waals surface area (Å²) in [6.45, 7) is 6.85. The Bertz CT molecular complexity index is 441. The lowest BCUT2D eigenvalue weighted by atomic mass is 9.71. The van der Waals surface area contributed by atoms with Gasteiger partial charge in [-0.25, -0.2) is 4.39 Å². The lowest BCUT2D eigenvalue weighted by Gasteiger charge is -2.34. The molecule has 0 radical (unpaired) electrons. The van der Waals surface area contributed by atoms with Crippen LogP contribution in [0.1, 0.15) is 45.6 Å². The van der Waals surface area contributed by atoms with Crippen LogP contribution in [0.3, 0.4) is 0 Å². The van der Waals surface area contributed by atoms with Crippen molar-refractivity contribution >= 4 is 0 Å². The maximum atomic E-state index is 13.2. The van der Waals surface area contributed by atoms with Crippen molar-refractivity contribution in [3.63, 3.8) is 0 Å². The summed E-state index contributed by atoms with van der Waals surface area (Å²) in [5.74, 6) is -0.130. The van der Waals surface area contributed by atoms with E-state index in [1.54, 1.807) is 12.1 Å². The molecule has 1 aliphatic rings. The van der Waals surface area contributed by atoms with Gasteiger partial charge in [-0.1, -0.05) is 37.1 Å². The molecule has 0 N–H and O–H groups in total. The summed E-state index contributed by atoms with van der Waals surface area (Å²) in [6, 6.07) is 6.99. The number of halogens is 1. The Hall–Kier alpha value is -1.11. The van der Waals surface area contributed by atoms with Gasteiger partial charge in [-0.15, -0.1) is 0 Å². The quantitative estimate of drug-likeness (QED) is 0.636. The zero-order valence-corrected chi connectivity index (χ0v) is 11.0. The molecule has 0 heterocycles. The topological polar surface area (TPSA) is 0 Å². The van der Waals surface area contributed by atoms with Crippen molar-refractivity contribution in [2.75, 3.05) is 0 Å². The highest BCUT2D eigenvalue weighted by Gasteiger charge is 2.28. The summed E-state index contributed by atoms with van der Waals surface area (Å²) in [6.07, 6.45) is 4.63. The van der Waals surface area contributed by atoms with Crippen LogP contribution in [0.2, 0.25) is 0 Å². The Balaban J connectivity index is 2.28. The average molecular weight is 232 g/mol. The number of rotatable bonds is 2. The van der Waals surface area contributed by atoms with Crippen LogP contribution in [-0.2, 0) is 6.42 Å². The van der Waals surface area contributed by atoms with Gasteiger partial charge in [0.2, 0.25) is 0 Å². The Kier molecular flexibility index (Phi) is 3.37. The van der Waals surface area contributed by atoms with E-state index in [1.165, 1.54) is 36.5 Å². The summed E-state index contributed by atoms with van der Waals surface area (Å²) in [4.78, 5) is 0. The highest BCUT2D eigenvalue weighted by Crippen LogP contribution is 2.41. The normalized spacial score (nSPS) is 19.5. The Labute approximate surface area is 104 Å². The zero-order valence-electron chi connectivity index (χ0n) is 11.0. The number of hydrogen-bond acceptors (Lipinski definition) is 0. The summed E-state index contributed by atoms with van der Waals surface area (Å²) in [5, 5.41) is 0. The first-order chi connectivity index (χ1) is 7.99. The van der Waals surface area contributed by atoms with Crippen molar-refractivity contribution in [3.05, 3.63) is 46.8 Å². The van der Waals surface area contributed by atoms with Gasteiger partial charge in [0, 0.05) is 0 Å². The molecule has 2 rings (SSSR count). The third kappa shape index (κ3) is 2.77. The number of benzene rings is 1. The molecule has 92 valence electrons. The van der Waals surface area contributed by atoms with Crippen molar-refractivity contribution in [1.29, 1.82) is 0 Å². The largest absolute Gasteiger partial charge is 0.207 e. The van der Waals surface area contributed by atoms with Crippen LogP contribution in [0.25, 0.3) is 0 Å². The molecule has 1 aromatic rings. The third-order valence-corrected chi connectivity index (χ3v) is 3.96. The molecular formula is C16H21F. The van der Waals surface area contributed by atoms with E-state index in [9.17, 15) is 4.39 Å². The van der Waals surface area contributed by atoms with Gasteiger partial charge in [-0.2, -0.15) is 0 Å². The molecular weight excluding hydrogens is 211 g/mol. The van der Waals surface area contributed by atoms with Crippen molar-refractivity contribution in [2.24, 2.45) is 5.41 Å². The SMILES string of the molecule is CC1=C(Cc2cccc(F)c2)C(C)(C)CCC1. The van der Waals surface area contributed by atoms with Gasteiger partial charge in [-0.05, 0) is 55.7 Å². The Morgan fingerprint density at radius 3 is 2.71 bits per heavy atom. The van der Waals surface area contributed by atoms with Gasteiger partial charge in [-0.3, -0.25) is 0 Å². The van der Waals surface area contributed by atoms with Crippen molar-refractivity contribution in [1.82, 2.24) is 0 Å². The molecule has 0 saturated carbocycles. The molecule has 0 unspecified atom stereocenters. The first-order valence-electron chi connectivity index (χ1n) is 6.42. The number of hydrogen-bond donors (Lipinski definition) is 0. The van der Waals surface area contributed by atoms with Crippen LogP contribution < -0.4 is 0 Å². The van der Waals surface area contributed by atoms with Crippen LogP contribution in [-0.4, -0.2) is 0 Å². The van der Waals surface area contributed by atoms with Crippen LogP contribution in [0.5, 0.6) is 0 Å². The maximum Gasteiger partial charge on any atom is 0.123 e. The molecule has 0 aromatic heterocycles. The molecule has 1 aromatic carbocycles. The van der Waals surface area contributed by atoms with Crippen LogP contribution >= 0.6 is 0 Å². The Morgan fingerprint density at radius 2 is 2.06 bits per heavy atom. The van der Waals surface area contributed by atoms with E-state index in [1.807, 2.05) is 6.07 Å². The molecule has 0 spiro atoms. The minimum atomic E-state index is -0.130. The van der Waals surface area contributed by atoms with E-state index >= 15 is 0 Å². The van der Waals surface area contributed by atoms with Crippen molar-refractivity contribution < 1.29 is 4.39 Å². The molecule has 0 amide bonds. The van der Waals surface area contributed by atoms with E-state index in [-0.39, 0.29) is 11.2 Å². The molecule has 0 fully saturated rings. The van der Waals surface area contributed by atoms with E-state index in [4.69, 9.17) is 0 Å². The van der Waals surface area contributed by atoms with Gasteiger partial charge in [0.15, 0.2) is 0 Å². The highest BCUT2D eigenvalue weighted by molar-refractivity contribution is 5.30. The minimum Gasteiger partial charge on any atom is -0.207 e. The second-order valence-electron chi connectivity index (χ2n) is 5.80. The second-order valence-corrected chi connectivity index (χ2v) is 5.80. The molecule has 0 bridgehead atoms. The van der Waals surface area contributed by atoms with Crippen molar-refractivity contribution in [3.8, 4) is 0 Å². The van der Waals surface area contributed by atoms with Crippen molar-refractivity contribution in [2.45, 2.75) is 46.5 Å². The number of allylic oxidation sites excluding steroid dienone is 2. The fourth-order valence-electron chi connectivity index (χ4n) is 2.92. The lowest BCUT2D eigenvalue weighted by Crippen LogP contribution is -2.21. The van der Waals surface area contributed by atoms with Crippen LogP contribution in [0, 0.1) is 11.2 Å². The molecule has 1 aliphatic carbocycles. The van der Waals surface area contributed by atoms with Gasteiger partial charge in [0.1, 0.15) is 5.82 Å². The second kappa shape index (κ2) is 4.64. The zero-order chi connectivity index (χ0) is 12.5. The summed E-state index contributed by atoms with van der Waals surface area (Å²) in [7, 11) is 0. The summed E-state index contributed by atoms with van der Waals surface area (Å²) >= 11 is 0. The molecule has 0 saturated heterocycles. The van der Waals surface area contributed by atoms with Crippen LogP contribution in [0.15, 0.2) is 35.4 Å². The van der Waals surface area contributed by atoms with Gasteiger partial charge in [0.05, 0.1) is 0 Å². The predicted octanol–water partition coefficient (Wildman–Crippen LogP) is 4.89. The molecule has 1 heteroatoms. The Morgan fingerprint density at radius 1 is 1.29 bits per heavy atom. The lowest BCUT2D eigenvalue weighted by molar-refractivity contribution is 0.359. The smallest absolute Gasteiger partial charge is 0.123 e. The first-order valence-corrected chi connectivity index (χ1v) is 6.42. The highest BCUT2D eigenvalue weighted by atomic mass is 19.1. The fraction of sp³-hybridized carbons (Fsp3) is 0.500. The van der Waals surface area contributed by atoms with E-state index in [2.05, 4.69) is 20.8 Å². The first kappa shape index (κ1) is 12.3. The molecule has 0 atom stereocenters. The minimum absolute atomic E-state index is 0.130.